The molecular formula is C18H14FN5OS. The van der Waals surface area contributed by atoms with Gasteiger partial charge in [-0.3, -0.25) is 10.1 Å². The summed E-state index contributed by atoms with van der Waals surface area (Å²) in [5, 5.41) is 15.6. The number of nitrogens with zero attached hydrogens (tertiary/aromatic N) is 4. The molecule has 0 spiro atoms. The van der Waals surface area contributed by atoms with Crippen LogP contribution in [0.5, 0.6) is 0 Å². The van der Waals surface area contributed by atoms with E-state index in [9.17, 15) is 9.18 Å². The third-order valence-corrected chi connectivity index (χ3v) is 4.74. The lowest BCUT2D eigenvalue weighted by Gasteiger charge is -2.02. The van der Waals surface area contributed by atoms with Crippen molar-refractivity contribution in [2.75, 3.05) is 5.32 Å². The molecule has 1 amide bonds. The van der Waals surface area contributed by atoms with Crippen molar-refractivity contribution in [2.45, 2.75) is 13.8 Å². The van der Waals surface area contributed by atoms with Gasteiger partial charge in [0.05, 0.1) is 0 Å². The minimum Gasteiger partial charge on any atom is -0.296 e. The second-order valence-electron chi connectivity index (χ2n) is 5.91. The summed E-state index contributed by atoms with van der Waals surface area (Å²) in [6, 6.07) is 12.1. The molecule has 4 aromatic rings. The molecule has 0 aliphatic rings. The fraction of sp³-hybridized carbons (Fsp3) is 0.111. The molecule has 8 heteroatoms. The van der Waals surface area contributed by atoms with Crippen molar-refractivity contribution in [1.82, 2.24) is 19.8 Å². The van der Waals surface area contributed by atoms with Crippen LogP contribution in [-0.2, 0) is 0 Å². The molecule has 1 N–H and O–H groups in total. The van der Waals surface area contributed by atoms with E-state index < -0.39 is 0 Å². The van der Waals surface area contributed by atoms with Crippen molar-refractivity contribution in [1.29, 1.82) is 0 Å². The number of aryl methyl sites for hydroxylation is 2. The van der Waals surface area contributed by atoms with Crippen LogP contribution in [-0.4, -0.2) is 25.7 Å². The number of carbonyl (C=O) groups excluding carboxylic acids is 1. The molecule has 0 saturated heterocycles. The minimum absolute atomic E-state index is 0.249. The molecule has 2 aromatic carbocycles. The van der Waals surface area contributed by atoms with E-state index in [-0.39, 0.29) is 11.7 Å². The molecule has 0 aliphatic heterocycles. The molecule has 2 aromatic heterocycles. The van der Waals surface area contributed by atoms with Crippen molar-refractivity contribution in [2.24, 2.45) is 0 Å². The molecule has 0 fully saturated rings. The maximum Gasteiger partial charge on any atom is 0.257 e. The van der Waals surface area contributed by atoms with Crippen molar-refractivity contribution >= 4 is 27.3 Å². The normalized spacial score (nSPS) is 11.0. The second kappa shape index (κ2) is 6.30. The number of carbonyl (C=O) groups is 1. The number of halogens is 1. The van der Waals surface area contributed by atoms with Gasteiger partial charge in [0, 0.05) is 11.1 Å². The van der Waals surface area contributed by atoms with Gasteiger partial charge in [-0.15, -0.1) is 15.3 Å². The molecule has 0 aliphatic carbocycles. The van der Waals surface area contributed by atoms with E-state index in [4.69, 9.17) is 0 Å². The number of aromatic nitrogens is 4. The van der Waals surface area contributed by atoms with E-state index in [1.807, 2.05) is 19.1 Å². The standard InChI is InChI=1S/C18H14FN5OS/c1-10-4-3-5-13(8-10)16(25)20-17-23-24-15(21-22-18(24)26-17)12-7-6-11(2)14(19)9-12/h3-9H,1-2H3,(H,20,23,25). The number of fused-ring (bicyclic) bond motifs is 1. The van der Waals surface area contributed by atoms with E-state index in [1.165, 1.54) is 21.9 Å². The Morgan fingerprint density at radius 2 is 2.00 bits per heavy atom. The molecule has 0 unspecified atom stereocenters. The Balaban J connectivity index is 1.65. The monoisotopic (exact) mass is 367 g/mol. The molecule has 2 heterocycles. The van der Waals surface area contributed by atoms with Crippen LogP contribution in [0.2, 0.25) is 0 Å². The molecule has 6 nitrogen and oxygen atoms in total. The van der Waals surface area contributed by atoms with Crippen molar-refractivity contribution in [3.8, 4) is 11.4 Å². The summed E-state index contributed by atoms with van der Waals surface area (Å²) < 4.78 is 15.3. The molecule has 0 radical (unpaired) electrons. The number of hydrogen-bond acceptors (Lipinski definition) is 5. The highest BCUT2D eigenvalue weighted by atomic mass is 32.1. The van der Waals surface area contributed by atoms with Gasteiger partial charge in [-0.05, 0) is 37.6 Å². The van der Waals surface area contributed by atoms with Crippen molar-refractivity contribution < 1.29 is 9.18 Å². The largest absolute Gasteiger partial charge is 0.296 e. The Morgan fingerprint density at radius 1 is 1.15 bits per heavy atom. The fourth-order valence-electron chi connectivity index (χ4n) is 2.54. The van der Waals surface area contributed by atoms with Gasteiger partial charge in [0.25, 0.3) is 5.91 Å². The summed E-state index contributed by atoms with van der Waals surface area (Å²) in [4.78, 5) is 12.9. The molecule has 26 heavy (non-hydrogen) atoms. The summed E-state index contributed by atoms with van der Waals surface area (Å²) in [6.45, 7) is 3.62. The van der Waals surface area contributed by atoms with Gasteiger partial charge in [0.15, 0.2) is 5.82 Å². The van der Waals surface area contributed by atoms with Gasteiger partial charge in [-0.2, -0.15) is 4.52 Å². The first-order chi connectivity index (χ1) is 12.5. The quantitative estimate of drug-likeness (QED) is 0.597. The molecule has 130 valence electrons. The molecule has 4 rings (SSSR count). The highest BCUT2D eigenvalue weighted by Gasteiger charge is 2.16. The first kappa shape index (κ1) is 16.3. The van der Waals surface area contributed by atoms with Gasteiger partial charge in [0.2, 0.25) is 10.1 Å². The van der Waals surface area contributed by atoms with Gasteiger partial charge < -0.3 is 0 Å². The Morgan fingerprint density at radius 3 is 2.77 bits per heavy atom. The summed E-state index contributed by atoms with van der Waals surface area (Å²) in [5.74, 6) is -0.143. The highest BCUT2D eigenvalue weighted by Crippen LogP contribution is 2.25. The lowest BCUT2D eigenvalue weighted by Crippen LogP contribution is -2.12. The van der Waals surface area contributed by atoms with E-state index in [1.54, 1.807) is 31.2 Å². The van der Waals surface area contributed by atoms with Crippen LogP contribution in [0.15, 0.2) is 42.5 Å². The Bertz CT molecular complexity index is 1130. The van der Waals surface area contributed by atoms with Crippen LogP contribution in [0.3, 0.4) is 0 Å². The summed E-state index contributed by atoms with van der Waals surface area (Å²) in [7, 11) is 0. The van der Waals surface area contributed by atoms with E-state index >= 15 is 0 Å². The number of hydrogen-bond donors (Lipinski definition) is 1. The Labute approximate surface area is 152 Å². The van der Waals surface area contributed by atoms with Gasteiger partial charge in [0.1, 0.15) is 5.82 Å². The second-order valence-corrected chi connectivity index (χ2v) is 6.87. The average Bonchev–Trinajstić information content (AvgIpc) is 3.17. The smallest absolute Gasteiger partial charge is 0.257 e. The first-order valence-electron chi connectivity index (χ1n) is 7.88. The predicted molar refractivity (Wildman–Crippen MR) is 97.9 cm³/mol. The number of rotatable bonds is 3. The third-order valence-electron chi connectivity index (χ3n) is 3.92. The fourth-order valence-corrected chi connectivity index (χ4v) is 3.27. The summed E-state index contributed by atoms with van der Waals surface area (Å²) in [6.07, 6.45) is 0. The van der Waals surface area contributed by atoms with Crippen LogP contribution >= 0.6 is 11.3 Å². The van der Waals surface area contributed by atoms with Crippen molar-refractivity contribution in [3.05, 3.63) is 65.0 Å². The molecule has 0 bridgehead atoms. The summed E-state index contributed by atoms with van der Waals surface area (Å²) >= 11 is 1.20. The lowest BCUT2D eigenvalue weighted by molar-refractivity contribution is 0.102. The van der Waals surface area contributed by atoms with Crippen molar-refractivity contribution in [3.63, 3.8) is 0 Å². The minimum atomic E-state index is -0.317. The summed E-state index contributed by atoms with van der Waals surface area (Å²) in [5.41, 5.74) is 2.68. The maximum atomic E-state index is 13.8. The topological polar surface area (TPSA) is 72.2 Å². The highest BCUT2D eigenvalue weighted by molar-refractivity contribution is 7.20. The number of benzene rings is 2. The zero-order valence-electron chi connectivity index (χ0n) is 14.0. The average molecular weight is 367 g/mol. The molecule has 0 atom stereocenters. The maximum absolute atomic E-state index is 13.8. The number of nitrogens with one attached hydrogen (secondary N) is 1. The van der Waals surface area contributed by atoms with E-state index in [0.29, 0.717) is 32.6 Å². The Kier molecular flexibility index (Phi) is 3.96. The first-order valence-corrected chi connectivity index (χ1v) is 8.70. The van der Waals surface area contributed by atoms with E-state index in [2.05, 4.69) is 20.6 Å². The van der Waals surface area contributed by atoms with Gasteiger partial charge in [-0.25, -0.2) is 4.39 Å². The van der Waals surface area contributed by atoms with Crippen LogP contribution in [0.1, 0.15) is 21.5 Å². The van der Waals surface area contributed by atoms with E-state index in [0.717, 1.165) is 5.56 Å². The lowest BCUT2D eigenvalue weighted by atomic mass is 10.1. The van der Waals surface area contributed by atoms with Crippen LogP contribution in [0, 0.1) is 19.7 Å². The van der Waals surface area contributed by atoms with Crippen LogP contribution in [0.4, 0.5) is 9.52 Å². The Hall–Kier alpha value is -3.13. The number of amides is 1. The third kappa shape index (κ3) is 2.95. The zero-order valence-corrected chi connectivity index (χ0v) is 14.8. The van der Waals surface area contributed by atoms with Crippen LogP contribution < -0.4 is 5.32 Å². The number of anilines is 1. The van der Waals surface area contributed by atoms with Crippen LogP contribution in [0.25, 0.3) is 16.3 Å². The van der Waals surface area contributed by atoms with Gasteiger partial charge in [-0.1, -0.05) is 41.2 Å². The SMILES string of the molecule is Cc1cccc(C(=O)Nc2nn3c(-c4ccc(C)c(F)c4)nnc3s2)c1. The molecule has 0 saturated carbocycles. The zero-order chi connectivity index (χ0) is 18.3. The van der Waals surface area contributed by atoms with Gasteiger partial charge >= 0.3 is 0 Å². The predicted octanol–water partition coefficient (Wildman–Crippen LogP) is 3.86. The molecular weight excluding hydrogens is 353 g/mol.